The van der Waals surface area contributed by atoms with E-state index in [9.17, 15) is 0 Å². The van der Waals surface area contributed by atoms with Crippen LogP contribution in [0.3, 0.4) is 0 Å². The molecule has 3 aliphatic rings. The van der Waals surface area contributed by atoms with Gasteiger partial charge in [-0.3, -0.25) is 4.99 Å². The molecule has 0 aromatic heterocycles. The average Bonchev–Trinajstić information content (AvgIpc) is 2.53. The fraction of sp³-hybridized carbons (Fsp3) is 0.947. The Morgan fingerprint density at radius 1 is 1.20 bits per heavy atom. The molecule has 2 N–H and O–H groups in total. The minimum atomic E-state index is 0. The van der Waals surface area contributed by atoms with Crippen LogP contribution in [-0.2, 0) is 4.74 Å². The minimum absolute atomic E-state index is 0. The van der Waals surface area contributed by atoms with E-state index in [2.05, 4.69) is 34.4 Å². The van der Waals surface area contributed by atoms with Gasteiger partial charge in [0.15, 0.2) is 5.96 Å². The van der Waals surface area contributed by atoms with Crippen molar-refractivity contribution in [1.82, 2.24) is 15.5 Å². The summed E-state index contributed by atoms with van der Waals surface area (Å²) in [6.07, 6.45) is 9.25. The van der Waals surface area contributed by atoms with Crippen molar-refractivity contribution in [2.75, 3.05) is 33.3 Å². The monoisotopic (exact) mass is 464 g/mol. The molecule has 0 amide bonds. The summed E-state index contributed by atoms with van der Waals surface area (Å²) in [4.78, 5) is 7.07. The van der Waals surface area contributed by atoms with Crippen molar-refractivity contribution < 1.29 is 4.74 Å². The van der Waals surface area contributed by atoms with Gasteiger partial charge in [0.25, 0.3) is 0 Å². The van der Waals surface area contributed by atoms with Crippen LogP contribution in [0.25, 0.3) is 0 Å². The van der Waals surface area contributed by atoms with Crippen molar-refractivity contribution in [3.8, 4) is 0 Å². The molecule has 2 atom stereocenters. The molecule has 3 rings (SSSR count). The fourth-order valence-electron chi connectivity index (χ4n) is 4.79. The van der Waals surface area contributed by atoms with Gasteiger partial charge < -0.3 is 20.3 Å². The van der Waals surface area contributed by atoms with Crippen LogP contribution in [0.4, 0.5) is 0 Å². The normalized spacial score (nSPS) is 29.5. The first-order chi connectivity index (χ1) is 11.7. The first-order valence-electron chi connectivity index (χ1n) is 10.1. The van der Waals surface area contributed by atoms with Gasteiger partial charge in [-0.25, -0.2) is 0 Å². The van der Waals surface area contributed by atoms with Crippen LogP contribution < -0.4 is 10.6 Å². The average molecular weight is 464 g/mol. The van der Waals surface area contributed by atoms with Crippen LogP contribution in [0.5, 0.6) is 0 Å². The highest BCUT2D eigenvalue weighted by Crippen LogP contribution is 2.57. The molecule has 0 bridgehead atoms. The molecule has 25 heavy (non-hydrogen) atoms. The molecule has 2 saturated carbocycles. The standard InChI is InChI=1S/C19H36N4O.HI/c1-4-11-23-12-7-15(8-13-23)21-18(20-3)22-16-14-17(24-5-2)19(16)9-6-10-19;/h15-17H,4-14H2,1-3H3,(H2,20,21,22);1H. The van der Waals surface area contributed by atoms with Gasteiger partial charge >= 0.3 is 0 Å². The third kappa shape index (κ3) is 4.61. The summed E-state index contributed by atoms with van der Waals surface area (Å²) >= 11 is 0. The number of halogens is 1. The van der Waals surface area contributed by atoms with Gasteiger partial charge in [0, 0.05) is 44.2 Å². The number of guanidine groups is 1. The Labute approximate surface area is 170 Å². The van der Waals surface area contributed by atoms with E-state index in [1.807, 2.05) is 7.05 Å². The van der Waals surface area contributed by atoms with Gasteiger partial charge in [-0.15, -0.1) is 24.0 Å². The molecule has 0 aromatic carbocycles. The Morgan fingerprint density at radius 3 is 2.44 bits per heavy atom. The molecule has 6 heteroatoms. The van der Waals surface area contributed by atoms with Crippen molar-refractivity contribution in [3.05, 3.63) is 0 Å². The second-order valence-electron chi connectivity index (χ2n) is 7.80. The lowest BCUT2D eigenvalue weighted by Gasteiger charge is -2.61. The Hall–Kier alpha value is -0.0800. The number of piperidine rings is 1. The van der Waals surface area contributed by atoms with E-state index in [1.54, 1.807) is 0 Å². The number of likely N-dealkylation sites (tertiary alicyclic amines) is 1. The largest absolute Gasteiger partial charge is 0.378 e. The lowest BCUT2D eigenvalue weighted by Crippen LogP contribution is -2.69. The summed E-state index contributed by atoms with van der Waals surface area (Å²) in [5.74, 6) is 0.996. The summed E-state index contributed by atoms with van der Waals surface area (Å²) in [5, 5.41) is 7.38. The van der Waals surface area contributed by atoms with Crippen LogP contribution in [0, 0.1) is 5.41 Å². The van der Waals surface area contributed by atoms with Crippen molar-refractivity contribution in [3.63, 3.8) is 0 Å². The molecule has 2 unspecified atom stereocenters. The van der Waals surface area contributed by atoms with E-state index in [0.717, 1.165) is 19.0 Å². The number of nitrogens with zero attached hydrogens (tertiary/aromatic N) is 2. The quantitative estimate of drug-likeness (QED) is 0.361. The summed E-state index contributed by atoms with van der Waals surface area (Å²) in [6.45, 7) is 8.87. The third-order valence-electron chi connectivity index (χ3n) is 6.44. The van der Waals surface area contributed by atoms with Gasteiger partial charge in [0.1, 0.15) is 0 Å². The molecule has 1 saturated heterocycles. The minimum Gasteiger partial charge on any atom is -0.378 e. The van der Waals surface area contributed by atoms with E-state index < -0.39 is 0 Å². The van der Waals surface area contributed by atoms with Gasteiger partial charge in [0.2, 0.25) is 0 Å². The van der Waals surface area contributed by atoms with Crippen LogP contribution in [0.2, 0.25) is 0 Å². The van der Waals surface area contributed by atoms with Crippen LogP contribution in [0.1, 0.15) is 58.8 Å². The summed E-state index contributed by atoms with van der Waals surface area (Å²) in [6, 6.07) is 1.10. The number of aliphatic imine (C=N–C) groups is 1. The predicted molar refractivity (Wildman–Crippen MR) is 115 cm³/mol. The molecule has 0 radical (unpaired) electrons. The van der Waals surface area contributed by atoms with Crippen LogP contribution >= 0.6 is 24.0 Å². The topological polar surface area (TPSA) is 48.9 Å². The fourth-order valence-corrected chi connectivity index (χ4v) is 4.79. The van der Waals surface area contributed by atoms with Crippen molar-refractivity contribution in [2.24, 2.45) is 10.4 Å². The number of ether oxygens (including phenoxy) is 1. The molecule has 2 aliphatic carbocycles. The van der Waals surface area contributed by atoms with Crippen LogP contribution in [-0.4, -0.2) is 62.3 Å². The zero-order valence-corrected chi connectivity index (χ0v) is 18.6. The van der Waals surface area contributed by atoms with Crippen molar-refractivity contribution >= 4 is 29.9 Å². The first-order valence-corrected chi connectivity index (χ1v) is 10.1. The maximum atomic E-state index is 5.96. The second-order valence-corrected chi connectivity index (χ2v) is 7.80. The first kappa shape index (κ1) is 21.2. The Morgan fingerprint density at radius 2 is 1.92 bits per heavy atom. The molecule has 146 valence electrons. The third-order valence-corrected chi connectivity index (χ3v) is 6.44. The van der Waals surface area contributed by atoms with Crippen molar-refractivity contribution in [2.45, 2.75) is 77.0 Å². The van der Waals surface area contributed by atoms with E-state index in [1.165, 1.54) is 58.2 Å². The molecule has 0 aromatic rings. The van der Waals surface area contributed by atoms with E-state index >= 15 is 0 Å². The molecular weight excluding hydrogens is 427 g/mol. The van der Waals surface area contributed by atoms with E-state index in [4.69, 9.17) is 4.74 Å². The van der Waals surface area contributed by atoms with Crippen molar-refractivity contribution in [1.29, 1.82) is 0 Å². The molecule has 1 spiro atoms. The Balaban J connectivity index is 0.00000225. The highest BCUT2D eigenvalue weighted by atomic mass is 127. The molecule has 5 nitrogen and oxygen atoms in total. The maximum absolute atomic E-state index is 5.96. The van der Waals surface area contributed by atoms with E-state index in [0.29, 0.717) is 23.6 Å². The number of hydrogen-bond donors (Lipinski definition) is 2. The molecule has 3 fully saturated rings. The highest BCUT2D eigenvalue weighted by Gasteiger charge is 2.59. The summed E-state index contributed by atoms with van der Waals surface area (Å²) < 4.78 is 5.96. The lowest BCUT2D eigenvalue weighted by atomic mass is 9.51. The molecular formula is C19H37IN4O. The molecule has 1 aliphatic heterocycles. The number of nitrogens with one attached hydrogen (secondary N) is 2. The van der Waals surface area contributed by atoms with Crippen LogP contribution in [0.15, 0.2) is 4.99 Å². The van der Waals surface area contributed by atoms with E-state index in [-0.39, 0.29) is 24.0 Å². The SMILES string of the molecule is CCCN1CCC(NC(=NC)NC2CC(OCC)C23CCC3)CC1.I. The smallest absolute Gasteiger partial charge is 0.191 e. The zero-order valence-electron chi connectivity index (χ0n) is 16.2. The summed E-state index contributed by atoms with van der Waals surface area (Å²) in [5.41, 5.74) is 0.387. The maximum Gasteiger partial charge on any atom is 0.191 e. The number of hydrogen-bond acceptors (Lipinski definition) is 3. The van der Waals surface area contributed by atoms with Gasteiger partial charge in [-0.2, -0.15) is 0 Å². The van der Waals surface area contributed by atoms with Gasteiger partial charge in [-0.05, 0) is 52.0 Å². The highest BCUT2D eigenvalue weighted by molar-refractivity contribution is 14.0. The Kier molecular flexibility index (Phi) is 8.27. The second kappa shape index (κ2) is 9.74. The molecule has 1 heterocycles. The predicted octanol–water partition coefficient (Wildman–Crippen LogP) is 2.99. The van der Waals surface area contributed by atoms with Gasteiger partial charge in [0.05, 0.1) is 6.10 Å². The Bertz CT molecular complexity index is 433. The summed E-state index contributed by atoms with van der Waals surface area (Å²) in [7, 11) is 1.90. The zero-order chi connectivity index (χ0) is 17.0. The number of rotatable bonds is 6. The van der Waals surface area contributed by atoms with Gasteiger partial charge in [-0.1, -0.05) is 13.3 Å². The lowest BCUT2D eigenvalue weighted by molar-refractivity contribution is -0.168.